The number of anilines is 1. The SMILES string of the molecule is CC1CCN(C(=O)c2ccc(N3CCN(CC(=O)N4CCN(C5CCC5)CC4)CC3)cc2)CC1. The highest BCUT2D eigenvalue weighted by Crippen LogP contribution is 2.26. The van der Waals surface area contributed by atoms with E-state index in [0.29, 0.717) is 6.54 Å². The standard InChI is InChI=1S/C27H41N5O2/c1-22-9-11-32(12-10-22)27(34)23-5-7-25(8-6-23)29-15-13-28(14-16-29)21-26(33)31-19-17-30(18-20-31)24-3-2-4-24/h5-8,22,24H,2-4,9-21H2,1H3. The van der Waals surface area contributed by atoms with Crippen molar-refractivity contribution in [3.05, 3.63) is 29.8 Å². The van der Waals surface area contributed by atoms with Crippen molar-refractivity contribution in [2.24, 2.45) is 5.92 Å². The molecule has 2 amide bonds. The van der Waals surface area contributed by atoms with Gasteiger partial charge >= 0.3 is 0 Å². The molecule has 0 unspecified atom stereocenters. The maximum absolute atomic E-state index is 12.8. The van der Waals surface area contributed by atoms with Gasteiger partial charge in [-0.25, -0.2) is 0 Å². The van der Waals surface area contributed by atoms with Gasteiger partial charge in [0.25, 0.3) is 5.91 Å². The van der Waals surface area contributed by atoms with Crippen molar-refractivity contribution in [3.63, 3.8) is 0 Å². The summed E-state index contributed by atoms with van der Waals surface area (Å²) < 4.78 is 0. The third kappa shape index (κ3) is 5.41. The van der Waals surface area contributed by atoms with Crippen molar-refractivity contribution in [1.82, 2.24) is 19.6 Å². The van der Waals surface area contributed by atoms with E-state index in [-0.39, 0.29) is 11.8 Å². The first-order valence-corrected chi connectivity index (χ1v) is 13.5. The summed E-state index contributed by atoms with van der Waals surface area (Å²) in [6.45, 7) is 12.0. The number of benzene rings is 1. The Labute approximate surface area is 204 Å². The second-order valence-corrected chi connectivity index (χ2v) is 10.8. The van der Waals surface area contributed by atoms with E-state index in [1.54, 1.807) is 0 Å². The van der Waals surface area contributed by atoms with E-state index in [2.05, 4.69) is 38.7 Å². The largest absolute Gasteiger partial charge is 0.369 e. The van der Waals surface area contributed by atoms with Crippen molar-refractivity contribution in [3.8, 4) is 0 Å². The van der Waals surface area contributed by atoms with Crippen LogP contribution in [0.4, 0.5) is 5.69 Å². The molecule has 0 N–H and O–H groups in total. The molecule has 1 aliphatic carbocycles. The summed E-state index contributed by atoms with van der Waals surface area (Å²) >= 11 is 0. The van der Waals surface area contributed by atoms with Gasteiger partial charge in [-0.15, -0.1) is 0 Å². The average molecular weight is 468 g/mol. The van der Waals surface area contributed by atoms with Crippen LogP contribution in [0.25, 0.3) is 0 Å². The number of hydrogen-bond donors (Lipinski definition) is 0. The number of rotatable bonds is 5. The molecule has 186 valence electrons. The Kier molecular flexibility index (Phi) is 7.40. The maximum Gasteiger partial charge on any atom is 0.253 e. The van der Waals surface area contributed by atoms with E-state index < -0.39 is 0 Å². The monoisotopic (exact) mass is 467 g/mol. The molecule has 7 heteroatoms. The number of piperidine rings is 1. The molecule has 1 aromatic carbocycles. The van der Waals surface area contributed by atoms with Crippen molar-refractivity contribution in [2.75, 3.05) is 76.9 Å². The third-order valence-electron chi connectivity index (χ3n) is 8.54. The quantitative estimate of drug-likeness (QED) is 0.666. The summed E-state index contributed by atoms with van der Waals surface area (Å²) in [5.41, 5.74) is 1.96. The normalized spacial score (nSPS) is 23.7. The number of piperazine rings is 2. The van der Waals surface area contributed by atoms with Crippen molar-refractivity contribution >= 4 is 17.5 Å². The van der Waals surface area contributed by atoms with Crippen LogP contribution in [-0.4, -0.2) is 109 Å². The van der Waals surface area contributed by atoms with E-state index >= 15 is 0 Å². The second-order valence-electron chi connectivity index (χ2n) is 10.8. The topological polar surface area (TPSA) is 50.3 Å². The van der Waals surface area contributed by atoms with E-state index in [9.17, 15) is 9.59 Å². The predicted molar refractivity (Wildman–Crippen MR) is 135 cm³/mol. The number of hydrogen-bond acceptors (Lipinski definition) is 5. The van der Waals surface area contributed by atoms with Crippen LogP contribution >= 0.6 is 0 Å². The number of likely N-dealkylation sites (tertiary alicyclic amines) is 1. The minimum absolute atomic E-state index is 0.162. The number of carbonyl (C=O) groups is 2. The molecular weight excluding hydrogens is 426 g/mol. The summed E-state index contributed by atoms with van der Waals surface area (Å²) in [7, 11) is 0. The second kappa shape index (κ2) is 10.6. The van der Waals surface area contributed by atoms with Crippen LogP contribution in [0, 0.1) is 5.92 Å². The lowest BCUT2D eigenvalue weighted by molar-refractivity contribution is -0.134. The Morgan fingerprint density at radius 1 is 0.765 bits per heavy atom. The molecule has 1 saturated carbocycles. The van der Waals surface area contributed by atoms with E-state index in [0.717, 1.165) is 95.8 Å². The molecule has 34 heavy (non-hydrogen) atoms. The van der Waals surface area contributed by atoms with E-state index in [1.165, 1.54) is 24.9 Å². The highest BCUT2D eigenvalue weighted by atomic mass is 16.2. The number of nitrogens with zero attached hydrogens (tertiary/aromatic N) is 5. The maximum atomic E-state index is 12.8. The molecule has 3 saturated heterocycles. The molecule has 0 bridgehead atoms. The van der Waals surface area contributed by atoms with Gasteiger partial charge < -0.3 is 14.7 Å². The molecular formula is C27H41N5O2. The van der Waals surface area contributed by atoms with Gasteiger partial charge in [-0.05, 0) is 55.9 Å². The van der Waals surface area contributed by atoms with E-state index in [1.807, 2.05) is 17.0 Å². The molecule has 3 aliphatic heterocycles. The fraction of sp³-hybridized carbons (Fsp3) is 0.704. The molecule has 3 heterocycles. The smallest absolute Gasteiger partial charge is 0.253 e. The van der Waals surface area contributed by atoms with Crippen LogP contribution in [0.15, 0.2) is 24.3 Å². The van der Waals surface area contributed by atoms with Crippen molar-refractivity contribution < 1.29 is 9.59 Å². The zero-order chi connectivity index (χ0) is 23.5. The van der Waals surface area contributed by atoms with Gasteiger partial charge in [-0.1, -0.05) is 13.3 Å². The molecule has 0 aromatic heterocycles. The lowest BCUT2D eigenvalue weighted by Crippen LogP contribution is -2.56. The summed E-state index contributed by atoms with van der Waals surface area (Å²) in [5.74, 6) is 1.18. The van der Waals surface area contributed by atoms with Gasteiger partial charge in [0.15, 0.2) is 0 Å². The fourth-order valence-electron chi connectivity index (χ4n) is 5.75. The number of carbonyl (C=O) groups excluding carboxylic acids is 2. The molecule has 4 fully saturated rings. The molecule has 4 aliphatic rings. The minimum atomic E-state index is 0.162. The molecule has 5 rings (SSSR count). The van der Waals surface area contributed by atoms with Crippen molar-refractivity contribution in [1.29, 1.82) is 0 Å². The van der Waals surface area contributed by atoms with Crippen LogP contribution in [0.1, 0.15) is 49.4 Å². The molecule has 7 nitrogen and oxygen atoms in total. The van der Waals surface area contributed by atoms with Crippen LogP contribution in [0.2, 0.25) is 0 Å². The molecule has 0 spiro atoms. The first-order chi connectivity index (χ1) is 16.6. The molecule has 0 radical (unpaired) electrons. The summed E-state index contributed by atoms with van der Waals surface area (Å²) in [5, 5.41) is 0. The minimum Gasteiger partial charge on any atom is -0.369 e. The van der Waals surface area contributed by atoms with Crippen LogP contribution in [-0.2, 0) is 4.79 Å². The van der Waals surface area contributed by atoms with Crippen LogP contribution in [0.5, 0.6) is 0 Å². The zero-order valence-corrected chi connectivity index (χ0v) is 20.8. The Morgan fingerprint density at radius 3 is 2.00 bits per heavy atom. The first kappa shape index (κ1) is 23.6. The summed E-state index contributed by atoms with van der Waals surface area (Å²) in [6.07, 6.45) is 6.26. The van der Waals surface area contributed by atoms with Crippen LogP contribution in [0.3, 0.4) is 0 Å². The Balaban J connectivity index is 1.05. The van der Waals surface area contributed by atoms with Crippen molar-refractivity contribution in [2.45, 2.75) is 45.1 Å². The van der Waals surface area contributed by atoms with Gasteiger partial charge in [0.05, 0.1) is 6.54 Å². The fourth-order valence-corrected chi connectivity index (χ4v) is 5.75. The lowest BCUT2D eigenvalue weighted by Gasteiger charge is -2.43. The zero-order valence-electron chi connectivity index (χ0n) is 20.8. The van der Waals surface area contributed by atoms with Gasteiger partial charge in [0.1, 0.15) is 0 Å². The first-order valence-electron chi connectivity index (χ1n) is 13.5. The lowest BCUT2D eigenvalue weighted by atomic mass is 9.91. The van der Waals surface area contributed by atoms with Gasteiger partial charge in [-0.2, -0.15) is 0 Å². The number of amides is 2. The summed E-state index contributed by atoms with van der Waals surface area (Å²) in [6, 6.07) is 8.92. The predicted octanol–water partition coefficient (Wildman–Crippen LogP) is 2.38. The van der Waals surface area contributed by atoms with Crippen LogP contribution < -0.4 is 4.90 Å². The summed E-state index contributed by atoms with van der Waals surface area (Å²) in [4.78, 5) is 37.0. The Hall–Kier alpha value is -2.12. The highest BCUT2D eigenvalue weighted by molar-refractivity contribution is 5.94. The Morgan fingerprint density at radius 2 is 1.41 bits per heavy atom. The highest BCUT2D eigenvalue weighted by Gasteiger charge is 2.30. The van der Waals surface area contributed by atoms with Gasteiger partial charge in [0, 0.05) is 82.7 Å². The third-order valence-corrected chi connectivity index (χ3v) is 8.54. The van der Waals surface area contributed by atoms with E-state index in [4.69, 9.17) is 0 Å². The molecule has 0 atom stereocenters. The van der Waals surface area contributed by atoms with Gasteiger partial charge in [0.2, 0.25) is 5.91 Å². The van der Waals surface area contributed by atoms with Gasteiger partial charge in [-0.3, -0.25) is 19.4 Å². The average Bonchev–Trinajstić information content (AvgIpc) is 2.84. The Bertz CT molecular complexity index is 831. The molecule has 1 aromatic rings.